The number of amides is 1. The SMILES string of the molecule is O=C(N/N=C/c1cccs1)c1cc(-c2ccncc2)nc2ccccc12. The molecule has 126 valence electrons. The van der Waals surface area contributed by atoms with Gasteiger partial charge in [0.25, 0.3) is 5.91 Å². The lowest BCUT2D eigenvalue weighted by atomic mass is 10.0. The maximum Gasteiger partial charge on any atom is 0.272 e. The number of aromatic nitrogens is 2. The van der Waals surface area contributed by atoms with E-state index >= 15 is 0 Å². The smallest absolute Gasteiger partial charge is 0.267 e. The second kappa shape index (κ2) is 7.25. The molecule has 0 bridgehead atoms. The van der Waals surface area contributed by atoms with Crippen molar-refractivity contribution < 1.29 is 4.79 Å². The van der Waals surface area contributed by atoms with Crippen molar-refractivity contribution in [2.45, 2.75) is 0 Å². The Hall–Kier alpha value is -3.38. The number of hydrogen-bond acceptors (Lipinski definition) is 5. The number of rotatable bonds is 4. The third-order valence-corrected chi connectivity index (χ3v) is 4.64. The molecule has 0 radical (unpaired) electrons. The highest BCUT2D eigenvalue weighted by atomic mass is 32.1. The van der Waals surface area contributed by atoms with Crippen molar-refractivity contribution >= 4 is 34.4 Å². The van der Waals surface area contributed by atoms with E-state index in [4.69, 9.17) is 0 Å². The molecule has 1 amide bonds. The predicted molar refractivity (Wildman–Crippen MR) is 104 cm³/mol. The summed E-state index contributed by atoms with van der Waals surface area (Å²) in [6, 6.07) is 17.0. The summed E-state index contributed by atoms with van der Waals surface area (Å²) < 4.78 is 0. The third kappa shape index (κ3) is 3.36. The van der Waals surface area contributed by atoms with E-state index in [2.05, 4.69) is 20.5 Å². The van der Waals surface area contributed by atoms with Crippen molar-refractivity contribution in [3.63, 3.8) is 0 Å². The van der Waals surface area contributed by atoms with Crippen LogP contribution in [0.5, 0.6) is 0 Å². The van der Waals surface area contributed by atoms with Gasteiger partial charge in [-0.1, -0.05) is 24.3 Å². The predicted octanol–water partition coefficient (Wildman–Crippen LogP) is 4.12. The van der Waals surface area contributed by atoms with E-state index < -0.39 is 0 Å². The summed E-state index contributed by atoms with van der Waals surface area (Å²) in [5.74, 6) is -0.272. The number of pyridine rings is 2. The Morgan fingerprint density at radius 1 is 1.08 bits per heavy atom. The van der Waals surface area contributed by atoms with E-state index in [-0.39, 0.29) is 5.91 Å². The molecule has 6 heteroatoms. The highest BCUT2D eigenvalue weighted by molar-refractivity contribution is 7.11. The largest absolute Gasteiger partial charge is 0.272 e. The lowest BCUT2D eigenvalue weighted by molar-refractivity contribution is 0.0957. The Kier molecular flexibility index (Phi) is 4.49. The number of carbonyl (C=O) groups is 1. The number of nitrogens with zero attached hydrogens (tertiary/aromatic N) is 3. The second-order valence-corrected chi connectivity index (χ2v) is 6.50. The van der Waals surface area contributed by atoms with Crippen molar-refractivity contribution in [2.24, 2.45) is 5.10 Å². The van der Waals surface area contributed by atoms with Gasteiger partial charge >= 0.3 is 0 Å². The molecule has 1 aromatic carbocycles. The van der Waals surface area contributed by atoms with Crippen molar-refractivity contribution in [3.05, 3.63) is 82.8 Å². The average molecular weight is 358 g/mol. The molecule has 1 N–H and O–H groups in total. The Morgan fingerprint density at radius 3 is 2.73 bits per heavy atom. The number of para-hydroxylation sites is 1. The first-order chi connectivity index (χ1) is 12.8. The zero-order valence-electron chi connectivity index (χ0n) is 13.7. The molecule has 4 aromatic rings. The summed E-state index contributed by atoms with van der Waals surface area (Å²) in [7, 11) is 0. The fourth-order valence-electron chi connectivity index (χ4n) is 2.61. The first-order valence-corrected chi connectivity index (χ1v) is 8.86. The van der Waals surface area contributed by atoms with Gasteiger partial charge in [-0.25, -0.2) is 10.4 Å². The van der Waals surface area contributed by atoms with Gasteiger partial charge in [-0.15, -0.1) is 11.3 Å². The van der Waals surface area contributed by atoms with E-state index in [1.807, 2.05) is 53.9 Å². The van der Waals surface area contributed by atoms with Crippen molar-refractivity contribution in [1.29, 1.82) is 0 Å². The summed E-state index contributed by atoms with van der Waals surface area (Å²) in [5, 5.41) is 6.80. The Balaban J connectivity index is 1.72. The summed E-state index contributed by atoms with van der Waals surface area (Å²) in [6.45, 7) is 0. The van der Waals surface area contributed by atoms with Crippen molar-refractivity contribution in [2.75, 3.05) is 0 Å². The van der Waals surface area contributed by atoms with Crippen LogP contribution >= 0.6 is 11.3 Å². The molecule has 0 aliphatic heterocycles. The fraction of sp³-hybridized carbons (Fsp3) is 0. The van der Waals surface area contributed by atoms with E-state index in [0.29, 0.717) is 5.56 Å². The van der Waals surface area contributed by atoms with Crippen LogP contribution in [0, 0.1) is 0 Å². The van der Waals surface area contributed by atoms with Crippen molar-refractivity contribution in [3.8, 4) is 11.3 Å². The molecule has 0 aliphatic carbocycles. The van der Waals surface area contributed by atoms with Crippen LogP contribution in [0.1, 0.15) is 15.2 Å². The van der Waals surface area contributed by atoms with Gasteiger partial charge in [0, 0.05) is 28.2 Å². The first-order valence-electron chi connectivity index (χ1n) is 7.98. The first kappa shape index (κ1) is 16.1. The van der Waals surface area contributed by atoms with Crippen LogP contribution in [-0.4, -0.2) is 22.1 Å². The molecular weight excluding hydrogens is 344 g/mol. The summed E-state index contributed by atoms with van der Waals surface area (Å²) in [4.78, 5) is 22.4. The van der Waals surface area contributed by atoms with Crippen LogP contribution in [0.2, 0.25) is 0 Å². The zero-order chi connectivity index (χ0) is 17.8. The lowest BCUT2D eigenvalue weighted by Gasteiger charge is -2.08. The Labute approximate surface area is 154 Å². The van der Waals surface area contributed by atoms with Crippen LogP contribution in [0.25, 0.3) is 22.2 Å². The van der Waals surface area contributed by atoms with Gasteiger partial charge < -0.3 is 0 Å². The summed E-state index contributed by atoms with van der Waals surface area (Å²) in [6.07, 6.45) is 5.05. The number of carbonyl (C=O) groups excluding carboxylic acids is 1. The van der Waals surface area contributed by atoms with Crippen LogP contribution in [0.15, 0.2) is 77.5 Å². The molecule has 0 spiro atoms. The molecular formula is C20H14N4OS. The lowest BCUT2D eigenvalue weighted by Crippen LogP contribution is -2.18. The van der Waals surface area contributed by atoms with Gasteiger partial charge in [-0.3, -0.25) is 9.78 Å². The standard InChI is InChI=1S/C20H14N4OS/c25-20(24-22-13-15-4-3-11-26-15)17-12-19(14-7-9-21-10-8-14)23-18-6-2-1-5-16(17)18/h1-13H,(H,24,25)/b22-13+. The van der Waals surface area contributed by atoms with Gasteiger partial charge in [-0.2, -0.15) is 5.10 Å². The molecule has 26 heavy (non-hydrogen) atoms. The number of fused-ring (bicyclic) bond motifs is 1. The molecule has 3 aromatic heterocycles. The van der Waals surface area contributed by atoms with Crippen LogP contribution in [0.3, 0.4) is 0 Å². The molecule has 0 saturated heterocycles. The Morgan fingerprint density at radius 2 is 1.92 bits per heavy atom. The van der Waals surface area contributed by atoms with Crippen LogP contribution < -0.4 is 5.43 Å². The molecule has 4 rings (SSSR count). The molecule has 3 heterocycles. The van der Waals surface area contributed by atoms with E-state index in [1.54, 1.807) is 36.0 Å². The van der Waals surface area contributed by atoms with Gasteiger partial charge in [0.05, 0.1) is 23.0 Å². The van der Waals surface area contributed by atoms with Gasteiger partial charge in [-0.05, 0) is 35.7 Å². The molecule has 0 fully saturated rings. The normalized spacial score (nSPS) is 11.1. The molecule has 5 nitrogen and oxygen atoms in total. The van der Waals surface area contributed by atoms with Gasteiger partial charge in [0.15, 0.2) is 0 Å². The maximum atomic E-state index is 12.7. The second-order valence-electron chi connectivity index (χ2n) is 5.52. The molecule has 0 aliphatic rings. The number of thiophene rings is 1. The highest BCUT2D eigenvalue weighted by Gasteiger charge is 2.13. The van der Waals surface area contributed by atoms with E-state index in [9.17, 15) is 4.79 Å². The minimum atomic E-state index is -0.272. The van der Waals surface area contributed by atoms with Crippen LogP contribution in [0.4, 0.5) is 0 Å². The third-order valence-electron chi connectivity index (χ3n) is 3.84. The Bertz CT molecular complexity index is 1080. The zero-order valence-corrected chi connectivity index (χ0v) is 14.5. The minimum absolute atomic E-state index is 0.272. The maximum absolute atomic E-state index is 12.7. The van der Waals surface area contributed by atoms with Crippen molar-refractivity contribution in [1.82, 2.24) is 15.4 Å². The monoisotopic (exact) mass is 358 g/mol. The van der Waals surface area contributed by atoms with Crippen LogP contribution in [-0.2, 0) is 0 Å². The van der Waals surface area contributed by atoms with Gasteiger partial charge in [0.1, 0.15) is 0 Å². The number of benzene rings is 1. The molecule has 0 unspecified atom stereocenters. The summed E-state index contributed by atoms with van der Waals surface area (Å²) >= 11 is 1.56. The number of hydrazone groups is 1. The van der Waals surface area contributed by atoms with E-state index in [1.165, 1.54) is 0 Å². The summed E-state index contributed by atoms with van der Waals surface area (Å²) in [5.41, 5.74) is 5.52. The topological polar surface area (TPSA) is 67.2 Å². The van der Waals surface area contributed by atoms with Gasteiger partial charge in [0.2, 0.25) is 0 Å². The van der Waals surface area contributed by atoms with E-state index in [0.717, 1.165) is 27.0 Å². The molecule has 0 saturated carbocycles. The fourth-order valence-corrected chi connectivity index (χ4v) is 3.20. The molecule has 0 atom stereocenters. The minimum Gasteiger partial charge on any atom is -0.267 e. The quantitative estimate of drug-likeness (QED) is 0.441. The highest BCUT2D eigenvalue weighted by Crippen LogP contribution is 2.24. The number of hydrogen-bond donors (Lipinski definition) is 1. The average Bonchev–Trinajstić information content (AvgIpc) is 3.21. The number of nitrogens with one attached hydrogen (secondary N) is 1.